The normalized spacial score (nSPS) is 10.4. The molecule has 1 heterocycles. The molecule has 2 aromatic rings. The van der Waals surface area contributed by atoms with Crippen molar-refractivity contribution in [2.45, 2.75) is 6.54 Å². The van der Waals surface area contributed by atoms with Gasteiger partial charge in [0.15, 0.2) is 0 Å². The summed E-state index contributed by atoms with van der Waals surface area (Å²) >= 11 is 0. The Kier molecular flexibility index (Phi) is 2.24. The summed E-state index contributed by atoms with van der Waals surface area (Å²) in [6, 6.07) is 7.20. The van der Waals surface area contributed by atoms with Crippen LogP contribution in [0.1, 0.15) is 5.56 Å². The number of benzene rings is 1. The summed E-state index contributed by atoms with van der Waals surface area (Å²) in [6.45, 7) is 0.430. The fourth-order valence-corrected chi connectivity index (χ4v) is 1.37. The molecule has 3 heteroatoms. The smallest absolute Gasteiger partial charge is 0.123 e. The summed E-state index contributed by atoms with van der Waals surface area (Å²) in [6.07, 6.45) is 3.17. The Balaban J connectivity index is 2.46. The summed E-state index contributed by atoms with van der Waals surface area (Å²) in [5.41, 5.74) is 8.00. The maximum Gasteiger partial charge on any atom is 0.123 e. The third-order valence-corrected chi connectivity index (χ3v) is 2.13. The van der Waals surface area contributed by atoms with Gasteiger partial charge in [-0.2, -0.15) is 0 Å². The fourth-order valence-electron chi connectivity index (χ4n) is 1.37. The van der Waals surface area contributed by atoms with Gasteiger partial charge >= 0.3 is 0 Å². The average molecular weight is 189 g/mol. The van der Waals surface area contributed by atoms with Gasteiger partial charge in [-0.3, -0.25) is 0 Å². The van der Waals surface area contributed by atoms with Crippen molar-refractivity contribution in [2.75, 3.05) is 0 Å². The van der Waals surface area contributed by atoms with Crippen LogP contribution in [-0.4, -0.2) is 5.11 Å². The zero-order chi connectivity index (χ0) is 9.97. The fraction of sp³-hybridized carbons (Fsp3) is 0.0909. The Bertz CT molecular complexity index is 421. The minimum Gasteiger partial charge on any atom is -0.507 e. The number of phenols is 1. The van der Waals surface area contributed by atoms with Crippen LogP contribution in [0.5, 0.6) is 5.75 Å². The van der Waals surface area contributed by atoms with Crippen molar-refractivity contribution < 1.29 is 9.52 Å². The zero-order valence-corrected chi connectivity index (χ0v) is 7.60. The summed E-state index contributed by atoms with van der Waals surface area (Å²) < 4.78 is 4.94. The van der Waals surface area contributed by atoms with Crippen LogP contribution in [0.4, 0.5) is 0 Å². The monoisotopic (exact) mass is 189 g/mol. The maximum atomic E-state index is 9.70. The molecule has 0 aliphatic rings. The van der Waals surface area contributed by atoms with E-state index in [1.807, 2.05) is 12.1 Å². The minimum absolute atomic E-state index is 0.231. The number of phenolic OH excluding ortho intramolecular Hbond substituents is 1. The van der Waals surface area contributed by atoms with Gasteiger partial charge < -0.3 is 15.3 Å². The molecular weight excluding hydrogens is 178 g/mol. The Morgan fingerprint density at radius 2 is 2.14 bits per heavy atom. The van der Waals surface area contributed by atoms with Gasteiger partial charge in [0.1, 0.15) is 5.75 Å². The van der Waals surface area contributed by atoms with Crippen molar-refractivity contribution in [2.24, 2.45) is 5.73 Å². The van der Waals surface area contributed by atoms with Crippen molar-refractivity contribution in [3.8, 4) is 16.9 Å². The Labute approximate surface area is 81.8 Å². The molecule has 0 bridgehead atoms. The molecule has 0 radical (unpaired) electrons. The van der Waals surface area contributed by atoms with Gasteiger partial charge in [0, 0.05) is 17.7 Å². The topological polar surface area (TPSA) is 59.4 Å². The molecule has 0 fully saturated rings. The Morgan fingerprint density at radius 3 is 2.71 bits per heavy atom. The molecule has 1 aromatic carbocycles. The highest BCUT2D eigenvalue weighted by molar-refractivity contribution is 5.69. The number of hydrogen-bond acceptors (Lipinski definition) is 3. The van der Waals surface area contributed by atoms with Crippen molar-refractivity contribution in [3.05, 3.63) is 42.4 Å². The van der Waals surface area contributed by atoms with Gasteiger partial charge in [0.05, 0.1) is 12.5 Å². The van der Waals surface area contributed by atoms with Crippen molar-refractivity contribution in [1.82, 2.24) is 0 Å². The van der Waals surface area contributed by atoms with Gasteiger partial charge in [-0.25, -0.2) is 0 Å². The first kappa shape index (κ1) is 8.84. The van der Waals surface area contributed by atoms with Gasteiger partial charge in [-0.15, -0.1) is 0 Å². The molecule has 0 spiro atoms. The summed E-state index contributed by atoms with van der Waals surface area (Å²) in [4.78, 5) is 0. The maximum absolute atomic E-state index is 9.70. The predicted octanol–water partition coefficient (Wildman–Crippen LogP) is 2.11. The van der Waals surface area contributed by atoms with Crippen LogP contribution in [0.25, 0.3) is 11.1 Å². The number of aromatic hydroxyl groups is 1. The lowest BCUT2D eigenvalue weighted by molar-refractivity contribution is 0.476. The standard InChI is InChI=1S/C11H11NO2/c12-6-8-1-2-10(11(13)5-8)9-3-4-14-7-9/h1-5,7,13H,6,12H2. The molecule has 0 saturated carbocycles. The minimum atomic E-state index is 0.231. The molecular formula is C11H11NO2. The van der Waals surface area contributed by atoms with E-state index in [4.69, 9.17) is 10.2 Å². The summed E-state index contributed by atoms with van der Waals surface area (Å²) in [5.74, 6) is 0.231. The van der Waals surface area contributed by atoms with Crippen LogP contribution in [-0.2, 0) is 6.54 Å². The Hall–Kier alpha value is -1.74. The van der Waals surface area contributed by atoms with E-state index < -0.39 is 0 Å². The summed E-state index contributed by atoms with van der Waals surface area (Å²) in [5, 5.41) is 9.70. The predicted molar refractivity (Wildman–Crippen MR) is 53.7 cm³/mol. The molecule has 72 valence electrons. The van der Waals surface area contributed by atoms with Crippen LogP contribution in [0.3, 0.4) is 0 Å². The largest absolute Gasteiger partial charge is 0.507 e. The van der Waals surface area contributed by atoms with Crippen LogP contribution < -0.4 is 5.73 Å². The lowest BCUT2D eigenvalue weighted by atomic mass is 10.1. The third-order valence-electron chi connectivity index (χ3n) is 2.13. The highest BCUT2D eigenvalue weighted by Gasteiger charge is 2.05. The lowest BCUT2D eigenvalue weighted by Crippen LogP contribution is -1.95. The number of rotatable bonds is 2. The SMILES string of the molecule is NCc1ccc(-c2ccoc2)c(O)c1. The lowest BCUT2D eigenvalue weighted by Gasteiger charge is -2.03. The molecule has 0 saturated heterocycles. The molecule has 0 amide bonds. The number of nitrogens with two attached hydrogens (primary N) is 1. The molecule has 14 heavy (non-hydrogen) atoms. The molecule has 0 atom stereocenters. The second kappa shape index (κ2) is 3.55. The highest BCUT2D eigenvalue weighted by atomic mass is 16.3. The van der Waals surface area contributed by atoms with Crippen LogP contribution in [0.15, 0.2) is 41.2 Å². The van der Waals surface area contributed by atoms with Gasteiger partial charge in [-0.1, -0.05) is 12.1 Å². The van der Waals surface area contributed by atoms with Crippen molar-refractivity contribution >= 4 is 0 Å². The van der Waals surface area contributed by atoms with Crippen molar-refractivity contribution in [3.63, 3.8) is 0 Å². The quantitative estimate of drug-likeness (QED) is 0.760. The van der Waals surface area contributed by atoms with E-state index in [0.717, 1.165) is 16.7 Å². The molecule has 1 aromatic heterocycles. The van der Waals surface area contributed by atoms with E-state index in [1.54, 1.807) is 24.7 Å². The second-order valence-electron chi connectivity index (χ2n) is 3.07. The van der Waals surface area contributed by atoms with Gasteiger partial charge in [-0.05, 0) is 17.7 Å². The van der Waals surface area contributed by atoms with E-state index in [-0.39, 0.29) is 5.75 Å². The number of hydrogen-bond donors (Lipinski definition) is 2. The molecule has 0 unspecified atom stereocenters. The van der Waals surface area contributed by atoms with Gasteiger partial charge in [0.25, 0.3) is 0 Å². The van der Waals surface area contributed by atoms with Gasteiger partial charge in [0.2, 0.25) is 0 Å². The molecule has 0 aliphatic heterocycles. The second-order valence-corrected chi connectivity index (χ2v) is 3.07. The molecule has 0 aliphatic carbocycles. The van der Waals surface area contributed by atoms with Crippen molar-refractivity contribution in [1.29, 1.82) is 0 Å². The van der Waals surface area contributed by atoms with Crippen LogP contribution >= 0.6 is 0 Å². The average Bonchev–Trinajstić information content (AvgIpc) is 2.70. The van der Waals surface area contributed by atoms with E-state index in [0.29, 0.717) is 6.54 Å². The highest BCUT2D eigenvalue weighted by Crippen LogP contribution is 2.29. The molecule has 3 nitrogen and oxygen atoms in total. The third kappa shape index (κ3) is 1.49. The molecule has 2 rings (SSSR count). The van der Waals surface area contributed by atoms with E-state index >= 15 is 0 Å². The van der Waals surface area contributed by atoms with E-state index in [9.17, 15) is 5.11 Å². The van der Waals surface area contributed by atoms with E-state index in [1.165, 1.54) is 0 Å². The molecule has 3 N–H and O–H groups in total. The Morgan fingerprint density at radius 1 is 1.29 bits per heavy atom. The summed E-state index contributed by atoms with van der Waals surface area (Å²) in [7, 11) is 0. The first-order chi connectivity index (χ1) is 6.81. The van der Waals surface area contributed by atoms with Crippen LogP contribution in [0.2, 0.25) is 0 Å². The number of furan rings is 1. The first-order valence-corrected chi connectivity index (χ1v) is 4.36. The van der Waals surface area contributed by atoms with Crippen LogP contribution in [0, 0.1) is 0 Å². The van der Waals surface area contributed by atoms with E-state index in [2.05, 4.69) is 0 Å². The zero-order valence-electron chi connectivity index (χ0n) is 7.60. The first-order valence-electron chi connectivity index (χ1n) is 4.36.